The highest BCUT2D eigenvalue weighted by Crippen LogP contribution is 2.23. The maximum Gasteiger partial charge on any atom is 0.217 e. The van der Waals surface area contributed by atoms with E-state index in [0.717, 1.165) is 17.9 Å². The van der Waals surface area contributed by atoms with Crippen molar-refractivity contribution in [2.75, 3.05) is 36.6 Å². The van der Waals surface area contributed by atoms with Crippen LogP contribution in [0.25, 0.3) is 0 Å². The number of sulfonamides is 1. The molecule has 1 saturated heterocycles. The summed E-state index contributed by atoms with van der Waals surface area (Å²) in [6.07, 6.45) is 0.927. The lowest BCUT2D eigenvalue weighted by Gasteiger charge is -2.23. The van der Waals surface area contributed by atoms with Gasteiger partial charge in [-0.1, -0.05) is 6.07 Å². The van der Waals surface area contributed by atoms with Gasteiger partial charge in [-0.3, -0.25) is 0 Å². The van der Waals surface area contributed by atoms with E-state index in [-0.39, 0.29) is 18.4 Å². The van der Waals surface area contributed by atoms with Crippen LogP contribution in [0.1, 0.15) is 6.42 Å². The van der Waals surface area contributed by atoms with Gasteiger partial charge in [0.2, 0.25) is 10.0 Å². The predicted molar refractivity (Wildman–Crippen MR) is 83.6 cm³/mol. The molecule has 0 amide bonds. The Morgan fingerprint density at radius 2 is 2.30 bits per heavy atom. The largest absolute Gasteiger partial charge is 0.492 e. The smallest absolute Gasteiger partial charge is 0.217 e. The van der Waals surface area contributed by atoms with Crippen LogP contribution in [0.5, 0.6) is 5.75 Å². The Hall–Kier alpha value is -0.920. The summed E-state index contributed by atoms with van der Waals surface area (Å²) in [6, 6.07) is 7.11. The monoisotopic (exact) mass is 316 g/mol. The van der Waals surface area contributed by atoms with Crippen molar-refractivity contribution in [1.82, 2.24) is 4.31 Å². The molecule has 1 unspecified atom stereocenters. The summed E-state index contributed by atoms with van der Waals surface area (Å²) in [5.41, 5.74) is 6.24. The fourth-order valence-corrected chi connectivity index (χ4v) is 4.63. The Kier molecular flexibility index (Phi) is 5.17. The molecule has 1 aliphatic heterocycles. The summed E-state index contributed by atoms with van der Waals surface area (Å²) in [7, 11) is -1.60. The van der Waals surface area contributed by atoms with Crippen LogP contribution >= 0.6 is 11.8 Å². The maximum absolute atomic E-state index is 12.2. The Balaban J connectivity index is 1.86. The summed E-state index contributed by atoms with van der Waals surface area (Å²) in [5.74, 6) is 2.49. The number of thioether (sulfide) groups is 1. The molecule has 0 aliphatic carbocycles. The molecule has 20 heavy (non-hydrogen) atoms. The fourth-order valence-electron chi connectivity index (χ4n) is 2.05. The van der Waals surface area contributed by atoms with E-state index in [0.29, 0.717) is 11.4 Å². The van der Waals surface area contributed by atoms with Gasteiger partial charge in [-0.05, 0) is 24.3 Å². The predicted octanol–water partition coefficient (Wildman–Crippen LogP) is 1.41. The minimum absolute atomic E-state index is 0.0144. The average molecular weight is 316 g/mol. The number of anilines is 1. The Bertz CT molecular complexity index is 542. The number of nitrogen functional groups attached to an aromatic ring is 1. The van der Waals surface area contributed by atoms with Crippen molar-refractivity contribution in [2.45, 2.75) is 12.5 Å². The third-order valence-electron chi connectivity index (χ3n) is 3.33. The average Bonchev–Trinajstić information content (AvgIpc) is 2.91. The van der Waals surface area contributed by atoms with Crippen LogP contribution in [0, 0.1) is 0 Å². The van der Waals surface area contributed by atoms with Gasteiger partial charge < -0.3 is 10.5 Å². The number of rotatable bonds is 6. The van der Waals surface area contributed by atoms with Gasteiger partial charge in [0, 0.05) is 30.6 Å². The number of hydrogen-bond acceptors (Lipinski definition) is 5. The zero-order valence-electron chi connectivity index (χ0n) is 11.5. The van der Waals surface area contributed by atoms with Crippen LogP contribution in [-0.2, 0) is 10.0 Å². The summed E-state index contributed by atoms with van der Waals surface area (Å²) in [4.78, 5) is 0. The first kappa shape index (κ1) is 15.5. The molecule has 5 nitrogen and oxygen atoms in total. The van der Waals surface area contributed by atoms with Crippen LogP contribution in [0.4, 0.5) is 5.69 Å². The molecule has 2 N–H and O–H groups in total. The minimum atomic E-state index is -3.26. The first-order valence-corrected chi connectivity index (χ1v) is 9.27. The zero-order chi connectivity index (χ0) is 14.6. The molecule has 0 bridgehead atoms. The minimum Gasteiger partial charge on any atom is -0.492 e. The van der Waals surface area contributed by atoms with Crippen LogP contribution < -0.4 is 10.5 Å². The molecule has 1 aliphatic rings. The second-order valence-electron chi connectivity index (χ2n) is 4.77. The van der Waals surface area contributed by atoms with E-state index in [1.54, 1.807) is 43.1 Å². The highest BCUT2D eigenvalue weighted by atomic mass is 32.2. The molecular formula is C13H20N2O3S2. The fraction of sp³-hybridized carbons (Fsp3) is 0.538. The van der Waals surface area contributed by atoms with Crippen molar-refractivity contribution >= 4 is 27.5 Å². The number of ether oxygens (including phenoxy) is 1. The zero-order valence-corrected chi connectivity index (χ0v) is 13.1. The van der Waals surface area contributed by atoms with E-state index in [1.807, 2.05) is 0 Å². The molecule has 1 aromatic carbocycles. The summed E-state index contributed by atoms with van der Waals surface area (Å²) in [6.45, 7) is 0.135. The first-order chi connectivity index (χ1) is 9.49. The molecule has 0 spiro atoms. The van der Waals surface area contributed by atoms with Gasteiger partial charge >= 0.3 is 0 Å². The van der Waals surface area contributed by atoms with Crippen molar-refractivity contribution in [3.05, 3.63) is 24.3 Å². The van der Waals surface area contributed by atoms with Gasteiger partial charge in [0.15, 0.2) is 0 Å². The molecule has 0 radical (unpaired) electrons. The highest BCUT2D eigenvalue weighted by Gasteiger charge is 2.28. The Labute approximate surface area is 124 Å². The van der Waals surface area contributed by atoms with Crippen molar-refractivity contribution in [3.8, 4) is 5.75 Å². The third kappa shape index (κ3) is 4.04. The van der Waals surface area contributed by atoms with Gasteiger partial charge in [0.1, 0.15) is 12.4 Å². The molecule has 7 heteroatoms. The van der Waals surface area contributed by atoms with E-state index in [9.17, 15) is 8.42 Å². The number of nitrogens with zero attached hydrogens (tertiary/aromatic N) is 1. The number of hydrogen-bond donors (Lipinski definition) is 1. The second kappa shape index (κ2) is 6.69. The number of benzene rings is 1. The molecule has 0 saturated carbocycles. The normalized spacial score (nSPS) is 19.4. The van der Waals surface area contributed by atoms with Crippen molar-refractivity contribution < 1.29 is 13.2 Å². The highest BCUT2D eigenvalue weighted by molar-refractivity contribution is 7.99. The Morgan fingerprint density at radius 3 is 2.95 bits per heavy atom. The van der Waals surface area contributed by atoms with E-state index < -0.39 is 10.0 Å². The third-order valence-corrected chi connectivity index (χ3v) is 6.33. The second-order valence-corrected chi connectivity index (χ2v) is 8.07. The molecule has 1 aromatic rings. The van der Waals surface area contributed by atoms with Crippen molar-refractivity contribution in [3.63, 3.8) is 0 Å². The Morgan fingerprint density at radius 1 is 1.50 bits per heavy atom. The van der Waals surface area contributed by atoms with Gasteiger partial charge in [-0.2, -0.15) is 11.8 Å². The van der Waals surface area contributed by atoms with Gasteiger partial charge in [0.05, 0.1) is 5.75 Å². The molecule has 0 aromatic heterocycles. The van der Waals surface area contributed by atoms with Gasteiger partial charge in [-0.25, -0.2) is 12.7 Å². The summed E-state index contributed by atoms with van der Waals surface area (Å²) >= 11 is 1.80. The molecular weight excluding hydrogens is 296 g/mol. The van der Waals surface area contributed by atoms with Crippen LogP contribution in [0.3, 0.4) is 0 Å². The van der Waals surface area contributed by atoms with E-state index in [2.05, 4.69) is 0 Å². The lowest BCUT2D eigenvalue weighted by atomic mass is 10.3. The van der Waals surface area contributed by atoms with Crippen molar-refractivity contribution in [2.24, 2.45) is 0 Å². The van der Waals surface area contributed by atoms with Crippen LogP contribution in [0.15, 0.2) is 24.3 Å². The van der Waals surface area contributed by atoms with Crippen LogP contribution in [0.2, 0.25) is 0 Å². The molecule has 1 heterocycles. The molecule has 2 rings (SSSR count). The van der Waals surface area contributed by atoms with E-state index in [4.69, 9.17) is 10.5 Å². The van der Waals surface area contributed by atoms with Gasteiger partial charge in [-0.15, -0.1) is 0 Å². The van der Waals surface area contributed by atoms with Crippen LogP contribution in [-0.4, -0.2) is 49.7 Å². The standard InChI is InChI=1S/C13H20N2O3S2/c1-15(12-5-7-19-10-12)20(16,17)8-6-18-13-4-2-3-11(14)9-13/h2-4,9,12H,5-8,10,14H2,1H3. The van der Waals surface area contributed by atoms with E-state index >= 15 is 0 Å². The SMILES string of the molecule is CN(C1CCSC1)S(=O)(=O)CCOc1cccc(N)c1. The number of nitrogens with two attached hydrogens (primary N) is 1. The molecule has 1 atom stereocenters. The quantitative estimate of drug-likeness (QED) is 0.804. The van der Waals surface area contributed by atoms with Crippen molar-refractivity contribution in [1.29, 1.82) is 0 Å². The summed E-state index contributed by atoms with van der Waals surface area (Å²) in [5, 5.41) is 0. The summed E-state index contributed by atoms with van der Waals surface area (Å²) < 4.78 is 31.3. The molecule has 1 fully saturated rings. The maximum atomic E-state index is 12.2. The lowest BCUT2D eigenvalue weighted by molar-refractivity contribution is 0.332. The first-order valence-electron chi connectivity index (χ1n) is 6.51. The lowest BCUT2D eigenvalue weighted by Crippen LogP contribution is -2.39. The topological polar surface area (TPSA) is 72.6 Å². The molecule has 112 valence electrons. The van der Waals surface area contributed by atoms with E-state index in [1.165, 1.54) is 4.31 Å². The van der Waals surface area contributed by atoms with Gasteiger partial charge in [0.25, 0.3) is 0 Å².